The molecule has 31 heavy (non-hydrogen) atoms. The van der Waals surface area contributed by atoms with Crippen LogP contribution in [0.15, 0.2) is 54.9 Å². The molecule has 1 saturated heterocycles. The van der Waals surface area contributed by atoms with Crippen molar-refractivity contribution in [3.8, 4) is 22.6 Å². The van der Waals surface area contributed by atoms with Gasteiger partial charge in [-0.3, -0.25) is 19.1 Å². The first kappa shape index (κ1) is 20.9. The van der Waals surface area contributed by atoms with E-state index < -0.39 is 0 Å². The maximum absolute atomic E-state index is 13.0. The lowest BCUT2D eigenvalue weighted by atomic mass is 10.1. The van der Waals surface area contributed by atoms with Gasteiger partial charge in [-0.15, -0.1) is 0 Å². The molecule has 0 radical (unpaired) electrons. The second-order valence-corrected chi connectivity index (χ2v) is 7.75. The summed E-state index contributed by atoms with van der Waals surface area (Å²) in [5.41, 5.74) is 3.99. The molecule has 1 atom stereocenters. The van der Waals surface area contributed by atoms with Crippen molar-refractivity contribution in [3.63, 3.8) is 0 Å². The highest BCUT2D eigenvalue weighted by molar-refractivity contribution is 5.95. The standard InChI is InChI=1S/C23H24N4O3.FH.H2/c1-26-13-18(12-24-26)16-7-9-19(10-8-16)25-23(28)20-5-3-11-27(20)14-17-4-2-6-21-22(17)30-15-29-21;;/h2,4,6-10,12-13,20H,3,5,11,14-15H2,1H3,(H,25,28);2*1H/t20-;;/m1../s1. The summed E-state index contributed by atoms with van der Waals surface area (Å²) in [6, 6.07) is 13.7. The van der Waals surface area contributed by atoms with E-state index in [0.717, 1.165) is 53.3 Å². The quantitative estimate of drug-likeness (QED) is 0.672. The molecule has 7 nitrogen and oxygen atoms in total. The molecule has 164 valence electrons. The zero-order chi connectivity index (χ0) is 20.5. The molecule has 3 aromatic rings. The molecule has 2 aliphatic heterocycles. The van der Waals surface area contributed by atoms with Gasteiger partial charge in [0.15, 0.2) is 11.5 Å². The fourth-order valence-corrected chi connectivity index (χ4v) is 4.19. The number of hydrogen-bond donors (Lipinski definition) is 1. The first-order valence-corrected chi connectivity index (χ1v) is 10.2. The average molecular weight is 426 g/mol. The normalized spacial score (nSPS) is 17.4. The van der Waals surface area contributed by atoms with E-state index in [0.29, 0.717) is 6.54 Å². The van der Waals surface area contributed by atoms with Crippen molar-refractivity contribution in [2.45, 2.75) is 25.4 Å². The first-order valence-electron chi connectivity index (χ1n) is 10.2. The summed E-state index contributed by atoms with van der Waals surface area (Å²) in [5, 5.41) is 7.28. The number of fused-ring (bicyclic) bond motifs is 1. The topological polar surface area (TPSA) is 68.6 Å². The van der Waals surface area contributed by atoms with Crippen LogP contribution in [0.4, 0.5) is 10.4 Å². The van der Waals surface area contributed by atoms with E-state index in [2.05, 4.69) is 15.3 Å². The van der Waals surface area contributed by atoms with Gasteiger partial charge in [-0.05, 0) is 43.1 Å². The average Bonchev–Trinajstić information content (AvgIpc) is 3.49. The smallest absolute Gasteiger partial charge is 0.241 e. The summed E-state index contributed by atoms with van der Waals surface area (Å²) in [6.45, 7) is 1.82. The first-order chi connectivity index (χ1) is 14.7. The van der Waals surface area contributed by atoms with Crippen molar-refractivity contribution in [1.82, 2.24) is 14.7 Å². The third kappa shape index (κ3) is 4.25. The lowest BCUT2D eigenvalue weighted by molar-refractivity contribution is -0.120. The van der Waals surface area contributed by atoms with E-state index in [1.54, 1.807) is 4.68 Å². The molecular formula is C23H27FN4O3. The van der Waals surface area contributed by atoms with Crippen molar-refractivity contribution in [1.29, 1.82) is 0 Å². The van der Waals surface area contributed by atoms with Gasteiger partial charge in [-0.2, -0.15) is 5.10 Å². The van der Waals surface area contributed by atoms with E-state index in [4.69, 9.17) is 9.47 Å². The minimum absolute atomic E-state index is 0. The van der Waals surface area contributed by atoms with Gasteiger partial charge in [0.2, 0.25) is 12.7 Å². The van der Waals surface area contributed by atoms with Crippen LogP contribution in [0.5, 0.6) is 11.5 Å². The second-order valence-electron chi connectivity index (χ2n) is 7.75. The molecule has 0 aliphatic carbocycles. The zero-order valence-corrected chi connectivity index (χ0v) is 17.3. The number of carbonyl (C=O) groups is 1. The summed E-state index contributed by atoms with van der Waals surface area (Å²) in [7, 11) is 1.90. The Balaban J connectivity index is 0.00000144. The maximum atomic E-state index is 13.0. The van der Waals surface area contributed by atoms with Crippen molar-refractivity contribution >= 4 is 11.6 Å². The fraction of sp³-hybridized carbons (Fsp3) is 0.304. The minimum atomic E-state index is -0.152. The van der Waals surface area contributed by atoms with Crippen LogP contribution in [0.1, 0.15) is 19.8 Å². The van der Waals surface area contributed by atoms with Crippen LogP contribution in [0.2, 0.25) is 0 Å². The van der Waals surface area contributed by atoms with Crippen molar-refractivity contribution in [3.05, 3.63) is 60.4 Å². The predicted molar refractivity (Wildman–Crippen MR) is 118 cm³/mol. The molecule has 1 aromatic heterocycles. The molecule has 0 bridgehead atoms. The Hall–Kier alpha value is -3.39. The highest BCUT2D eigenvalue weighted by Gasteiger charge is 2.32. The molecule has 1 amide bonds. The Morgan fingerprint density at radius 1 is 1.19 bits per heavy atom. The monoisotopic (exact) mass is 426 g/mol. The summed E-state index contributed by atoms with van der Waals surface area (Å²) >= 11 is 0. The van der Waals surface area contributed by atoms with Crippen molar-refractivity contribution in [2.24, 2.45) is 7.05 Å². The van der Waals surface area contributed by atoms with E-state index in [9.17, 15) is 4.79 Å². The lowest BCUT2D eigenvalue weighted by Gasteiger charge is -2.24. The molecular weight excluding hydrogens is 399 g/mol. The summed E-state index contributed by atoms with van der Waals surface area (Å²) in [5.74, 6) is 1.61. The fourth-order valence-electron chi connectivity index (χ4n) is 4.19. The number of ether oxygens (including phenoxy) is 2. The summed E-state index contributed by atoms with van der Waals surface area (Å²) in [6.07, 6.45) is 5.66. The van der Waals surface area contributed by atoms with E-state index >= 15 is 0 Å². The summed E-state index contributed by atoms with van der Waals surface area (Å²) in [4.78, 5) is 15.2. The van der Waals surface area contributed by atoms with E-state index in [-0.39, 0.29) is 24.9 Å². The second kappa shape index (κ2) is 8.77. The number of aryl methyl sites for hydroxylation is 1. The number of amides is 1. The maximum Gasteiger partial charge on any atom is 0.241 e. The molecule has 1 fully saturated rings. The highest BCUT2D eigenvalue weighted by Crippen LogP contribution is 2.37. The molecule has 0 unspecified atom stereocenters. The number of benzene rings is 2. The number of aromatic nitrogens is 2. The summed E-state index contributed by atoms with van der Waals surface area (Å²) < 4.78 is 12.9. The van der Waals surface area contributed by atoms with Crippen LogP contribution < -0.4 is 14.8 Å². The molecule has 5 rings (SSSR count). The van der Waals surface area contributed by atoms with Crippen LogP contribution in [-0.2, 0) is 18.4 Å². The number of anilines is 1. The Morgan fingerprint density at radius 3 is 2.81 bits per heavy atom. The third-order valence-electron chi connectivity index (χ3n) is 5.71. The predicted octanol–water partition coefficient (Wildman–Crippen LogP) is 3.82. The van der Waals surface area contributed by atoms with Gasteiger partial charge in [0.25, 0.3) is 0 Å². The molecule has 1 N–H and O–H groups in total. The van der Waals surface area contributed by atoms with Gasteiger partial charge in [0, 0.05) is 38.0 Å². The minimum Gasteiger partial charge on any atom is -0.454 e. The molecule has 2 aromatic carbocycles. The number of nitrogens with one attached hydrogen (secondary N) is 1. The Bertz CT molecular complexity index is 1070. The number of likely N-dealkylation sites (tertiary alicyclic amines) is 1. The number of para-hydroxylation sites is 1. The molecule has 3 heterocycles. The van der Waals surface area contributed by atoms with Gasteiger partial charge >= 0.3 is 0 Å². The van der Waals surface area contributed by atoms with Crippen molar-refractivity contribution < 1.29 is 20.4 Å². The zero-order valence-electron chi connectivity index (χ0n) is 17.3. The van der Waals surface area contributed by atoms with Crippen molar-refractivity contribution in [2.75, 3.05) is 18.7 Å². The number of rotatable bonds is 5. The van der Waals surface area contributed by atoms with Crippen LogP contribution >= 0.6 is 0 Å². The van der Waals surface area contributed by atoms with Gasteiger partial charge in [-0.25, -0.2) is 0 Å². The molecule has 0 saturated carbocycles. The van der Waals surface area contributed by atoms with Crippen LogP contribution in [-0.4, -0.2) is 40.0 Å². The van der Waals surface area contributed by atoms with Gasteiger partial charge in [0.1, 0.15) is 0 Å². The van der Waals surface area contributed by atoms with Gasteiger partial charge in [0.05, 0.1) is 12.2 Å². The number of hydrogen-bond acceptors (Lipinski definition) is 5. The number of halogens is 1. The number of nitrogens with zero attached hydrogens (tertiary/aromatic N) is 3. The lowest BCUT2D eigenvalue weighted by Crippen LogP contribution is -2.39. The largest absolute Gasteiger partial charge is 0.454 e. The Labute approximate surface area is 181 Å². The van der Waals surface area contributed by atoms with E-state index in [1.807, 2.05) is 61.9 Å². The van der Waals surface area contributed by atoms with E-state index in [1.165, 1.54) is 0 Å². The van der Waals surface area contributed by atoms with Gasteiger partial charge in [-0.1, -0.05) is 24.3 Å². The van der Waals surface area contributed by atoms with Crippen LogP contribution in [0.3, 0.4) is 0 Å². The molecule has 0 spiro atoms. The Kier molecular flexibility index (Phi) is 5.90. The number of carbonyl (C=O) groups excluding carboxylic acids is 1. The molecule has 8 heteroatoms. The van der Waals surface area contributed by atoms with Crippen LogP contribution in [0.25, 0.3) is 11.1 Å². The highest BCUT2D eigenvalue weighted by atomic mass is 19.0. The Morgan fingerprint density at radius 2 is 2.03 bits per heavy atom. The third-order valence-corrected chi connectivity index (χ3v) is 5.71. The SMILES string of the molecule is Cn1cc(-c2ccc(NC(=O)[C@H]3CCCN3Cc3cccc4c3OCO4)cc2)cn1.F.[HH]. The van der Waals surface area contributed by atoms with Gasteiger partial charge < -0.3 is 14.8 Å². The molecule has 2 aliphatic rings. The van der Waals surface area contributed by atoms with Crippen LogP contribution in [0, 0.1) is 0 Å².